The highest BCUT2D eigenvalue weighted by atomic mass is 16.5. The first-order valence-corrected chi connectivity index (χ1v) is 7.69. The summed E-state index contributed by atoms with van der Waals surface area (Å²) < 4.78 is 5.80. The van der Waals surface area contributed by atoms with Gasteiger partial charge in [-0.1, -0.05) is 63.2 Å². The Morgan fingerprint density at radius 2 is 1.71 bits per heavy atom. The van der Waals surface area contributed by atoms with E-state index in [1.165, 1.54) is 16.3 Å². The van der Waals surface area contributed by atoms with Gasteiger partial charge in [-0.05, 0) is 28.7 Å². The van der Waals surface area contributed by atoms with Crippen LogP contribution in [0.25, 0.3) is 10.8 Å². The second-order valence-corrected chi connectivity index (χ2v) is 6.65. The number of rotatable bonds is 5. The summed E-state index contributed by atoms with van der Waals surface area (Å²) in [7, 11) is 0. The summed E-state index contributed by atoms with van der Waals surface area (Å²) in [6.07, 6.45) is -0.0549. The molecule has 2 nitrogen and oxygen atoms in total. The second-order valence-electron chi connectivity index (χ2n) is 6.65. The summed E-state index contributed by atoms with van der Waals surface area (Å²) in [4.78, 5) is 0. The van der Waals surface area contributed by atoms with Crippen LogP contribution in [0.15, 0.2) is 42.5 Å². The van der Waals surface area contributed by atoms with Crippen molar-refractivity contribution in [1.82, 2.24) is 0 Å². The average molecular weight is 286 g/mol. The molecule has 0 aliphatic rings. The highest BCUT2D eigenvalue weighted by molar-refractivity contribution is 5.85. The van der Waals surface area contributed by atoms with Crippen molar-refractivity contribution < 1.29 is 9.84 Å². The van der Waals surface area contributed by atoms with Gasteiger partial charge in [0.05, 0.1) is 12.2 Å². The van der Waals surface area contributed by atoms with Gasteiger partial charge < -0.3 is 9.84 Å². The molecule has 2 aromatic carbocycles. The molecular formula is C19H26O2. The van der Waals surface area contributed by atoms with Gasteiger partial charge in [0.1, 0.15) is 0 Å². The van der Waals surface area contributed by atoms with E-state index in [0.29, 0.717) is 13.0 Å². The third-order valence-electron chi connectivity index (χ3n) is 3.86. The van der Waals surface area contributed by atoms with Crippen LogP contribution >= 0.6 is 0 Å². The number of ether oxygens (including phenoxy) is 1. The lowest BCUT2D eigenvalue weighted by molar-refractivity contribution is -0.0872. The molecule has 0 saturated heterocycles. The van der Waals surface area contributed by atoms with Crippen molar-refractivity contribution >= 4 is 10.8 Å². The summed E-state index contributed by atoms with van der Waals surface area (Å²) in [5.74, 6) is 0. The van der Waals surface area contributed by atoms with Gasteiger partial charge in [0.2, 0.25) is 0 Å². The minimum atomic E-state index is -0.504. The molecule has 2 atom stereocenters. The molecule has 0 saturated carbocycles. The van der Waals surface area contributed by atoms with E-state index < -0.39 is 6.10 Å². The largest absolute Gasteiger partial charge is 0.390 e. The number of hydrogen-bond acceptors (Lipinski definition) is 2. The fraction of sp³-hybridized carbons (Fsp3) is 0.474. The van der Waals surface area contributed by atoms with Crippen molar-refractivity contribution in [2.75, 3.05) is 6.61 Å². The zero-order valence-corrected chi connectivity index (χ0v) is 13.5. The molecule has 0 aliphatic heterocycles. The predicted octanol–water partition coefficient (Wildman–Crippen LogP) is 4.19. The van der Waals surface area contributed by atoms with Gasteiger partial charge in [-0.15, -0.1) is 0 Å². The molecule has 1 N–H and O–H groups in total. The summed E-state index contributed by atoms with van der Waals surface area (Å²) in [5.41, 5.74) is 1.09. The first-order chi connectivity index (χ1) is 9.93. The smallest absolute Gasteiger partial charge is 0.0885 e. The molecule has 0 aromatic heterocycles. The van der Waals surface area contributed by atoms with Gasteiger partial charge in [0.15, 0.2) is 0 Å². The van der Waals surface area contributed by atoms with Crippen LogP contribution in [0.3, 0.4) is 0 Å². The van der Waals surface area contributed by atoms with Crippen LogP contribution in [-0.2, 0) is 11.2 Å². The zero-order valence-electron chi connectivity index (χ0n) is 13.5. The van der Waals surface area contributed by atoms with Crippen LogP contribution in [0.4, 0.5) is 0 Å². The Labute approximate surface area is 127 Å². The van der Waals surface area contributed by atoms with Crippen LogP contribution in [0.5, 0.6) is 0 Å². The third-order valence-corrected chi connectivity index (χ3v) is 3.86. The van der Waals surface area contributed by atoms with E-state index in [0.717, 1.165) is 0 Å². The fourth-order valence-electron chi connectivity index (χ4n) is 2.92. The van der Waals surface area contributed by atoms with Crippen molar-refractivity contribution in [2.24, 2.45) is 5.41 Å². The average Bonchev–Trinajstić information content (AvgIpc) is 2.44. The molecule has 2 aromatic rings. The van der Waals surface area contributed by atoms with Gasteiger partial charge in [-0.3, -0.25) is 0 Å². The Kier molecular flexibility index (Phi) is 5.02. The third kappa shape index (κ3) is 3.84. The van der Waals surface area contributed by atoms with Gasteiger partial charge >= 0.3 is 0 Å². The van der Waals surface area contributed by atoms with E-state index in [9.17, 15) is 5.11 Å². The topological polar surface area (TPSA) is 29.5 Å². The molecule has 0 amide bonds. The standard InChI is InChI=1S/C19H26O2/c1-5-21-18(19(2,3)4)17(20)13-15-11-8-10-14-9-6-7-12-16(14)15/h6-12,17-18,20H,5,13H2,1-4H3. The lowest BCUT2D eigenvalue weighted by atomic mass is 9.83. The Morgan fingerprint density at radius 3 is 2.38 bits per heavy atom. The number of aliphatic hydroxyl groups excluding tert-OH is 1. The van der Waals surface area contributed by atoms with Gasteiger partial charge in [-0.25, -0.2) is 0 Å². The molecule has 2 rings (SSSR count). The highest BCUT2D eigenvalue weighted by Gasteiger charge is 2.32. The minimum Gasteiger partial charge on any atom is -0.390 e. The Hall–Kier alpha value is -1.38. The van der Waals surface area contributed by atoms with Gasteiger partial charge in [-0.2, -0.15) is 0 Å². The van der Waals surface area contributed by atoms with E-state index in [4.69, 9.17) is 4.74 Å². The maximum absolute atomic E-state index is 10.7. The summed E-state index contributed by atoms with van der Waals surface area (Å²) >= 11 is 0. The van der Waals surface area contributed by atoms with Crippen molar-refractivity contribution in [1.29, 1.82) is 0 Å². The summed E-state index contributed by atoms with van der Waals surface area (Å²) in [6, 6.07) is 14.6. The molecule has 114 valence electrons. The van der Waals surface area contributed by atoms with E-state index in [1.54, 1.807) is 0 Å². The molecular weight excluding hydrogens is 260 g/mol. The molecule has 0 bridgehead atoms. The summed E-state index contributed by atoms with van der Waals surface area (Å²) in [6.45, 7) is 8.93. The molecule has 2 heteroatoms. The normalized spacial score (nSPS) is 15.1. The zero-order chi connectivity index (χ0) is 15.5. The maximum atomic E-state index is 10.7. The van der Waals surface area contributed by atoms with Crippen molar-refractivity contribution in [2.45, 2.75) is 46.3 Å². The first-order valence-electron chi connectivity index (χ1n) is 7.69. The van der Waals surface area contributed by atoms with E-state index in [1.807, 2.05) is 19.1 Å². The molecule has 2 unspecified atom stereocenters. The monoisotopic (exact) mass is 286 g/mol. The van der Waals surface area contributed by atoms with Gasteiger partial charge in [0.25, 0.3) is 0 Å². The fourth-order valence-corrected chi connectivity index (χ4v) is 2.92. The minimum absolute atomic E-state index is 0.0833. The molecule has 0 heterocycles. The number of aliphatic hydroxyl groups is 1. The van der Waals surface area contributed by atoms with E-state index in [2.05, 4.69) is 51.1 Å². The van der Waals surface area contributed by atoms with Crippen molar-refractivity contribution in [3.63, 3.8) is 0 Å². The van der Waals surface area contributed by atoms with E-state index in [-0.39, 0.29) is 11.5 Å². The maximum Gasteiger partial charge on any atom is 0.0885 e. The summed E-state index contributed by atoms with van der Waals surface area (Å²) in [5, 5.41) is 13.1. The molecule has 0 radical (unpaired) electrons. The molecule has 0 spiro atoms. The molecule has 21 heavy (non-hydrogen) atoms. The molecule has 0 aliphatic carbocycles. The Bertz CT molecular complexity index is 578. The van der Waals surface area contributed by atoms with Crippen molar-refractivity contribution in [3.8, 4) is 0 Å². The predicted molar refractivity (Wildman–Crippen MR) is 88.5 cm³/mol. The van der Waals surface area contributed by atoms with Crippen LogP contribution in [0, 0.1) is 5.41 Å². The van der Waals surface area contributed by atoms with Crippen LogP contribution < -0.4 is 0 Å². The van der Waals surface area contributed by atoms with Crippen LogP contribution in [0.2, 0.25) is 0 Å². The molecule has 0 fully saturated rings. The number of hydrogen-bond donors (Lipinski definition) is 1. The van der Waals surface area contributed by atoms with Crippen LogP contribution in [0.1, 0.15) is 33.3 Å². The number of fused-ring (bicyclic) bond motifs is 1. The highest BCUT2D eigenvalue weighted by Crippen LogP contribution is 2.28. The first kappa shape index (κ1) is 16.0. The second kappa shape index (κ2) is 6.59. The SMILES string of the molecule is CCOC(C(O)Cc1cccc2ccccc12)C(C)(C)C. The van der Waals surface area contributed by atoms with Gasteiger partial charge in [0, 0.05) is 13.0 Å². The Balaban J connectivity index is 2.26. The Morgan fingerprint density at radius 1 is 1.05 bits per heavy atom. The quantitative estimate of drug-likeness (QED) is 0.893. The van der Waals surface area contributed by atoms with E-state index >= 15 is 0 Å². The lowest BCUT2D eigenvalue weighted by Gasteiger charge is -2.34. The lowest BCUT2D eigenvalue weighted by Crippen LogP contribution is -2.41. The number of benzene rings is 2. The van der Waals surface area contributed by atoms with Crippen LogP contribution in [-0.4, -0.2) is 23.9 Å². The van der Waals surface area contributed by atoms with Crippen molar-refractivity contribution in [3.05, 3.63) is 48.0 Å².